The van der Waals surface area contributed by atoms with Crippen LogP contribution in [0.4, 0.5) is 0 Å². The van der Waals surface area contributed by atoms with Crippen molar-refractivity contribution >= 4 is 39.1 Å². The highest BCUT2D eigenvalue weighted by Crippen LogP contribution is 2.30. The first-order valence-electron chi connectivity index (χ1n) is 10.4. The van der Waals surface area contributed by atoms with Gasteiger partial charge in [-0.3, -0.25) is 14.2 Å². The summed E-state index contributed by atoms with van der Waals surface area (Å²) < 4.78 is 2.69. The highest BCUT2D eigenvalue weighted by atomic mass is 35.5. The largest absolute Gasteiger partial charge is 0.344 e. The van der Waals surface area contributed by atoms with Gasteiger partial charge in [0, 0.05) is 14.1 Å². The lowest BCUT2D eigenvalue weighted by Crippen LogP contribution is -2.39. The molecule has 0 radical (unpaired) electrons. The molecule has 0 aliphatic rings. The second-order valence-electron chi connectivity index (χ2n) is 8.33. The van der Waals surface area contributed by atoms with Crippen LogP contribution < -0.4 is 11.2 Å². The molecule has 0 saturated heterocycles. The molecule has 1 amide bonds. The third kappa shape index (κ3) is 3.92. The molecule has 8 heteroatoms. The van der Waals surface area contributed by atoms with E-state index in [2.05, 4.69) is 0 Å². The van der Waals surface area contributed by atoms with Crippen molar-refractivity contribution in [1.29, 1.82) is 0 Å². The number of hydrogen-bond donors (Lipinski definition) is 0. The number of amides is 1. The van der Waals surface area contributed by atoms with Gasteiger partial charge in [-0.05, 0) is 49.6 Å². The second kappa shape index (κ2) is 8.65. The average molecular weight is 482 g/mol. The molecule has 2 aromatic carbocycles. The van der Waals surface area contributed by atoms with Crippen molar-refractivity contribution in [2.75, 3.05) is 14.1 Å². The molecule has 0 spiro atoms. The number of hydrogen-bond acceptors (Lipinski definition) is 4. The van der Waals surface area contributed by atoms with E-state index in [1.807, 2.05) is 32.0 Å². The summed E-state index contributed by atoms with van der Waals surface area (Å²) in [6.07, 6.45) is 0. The molecule has 0 fully saturated rings. The Labute approximate surface area is 200 Å². The highest BCUT2D eigenvalue weighted by molar-refractivity contribution is 7.20. The first-order chi connectivity index (χ1) is 15.6. The lowest BCUT2D eigenvalue weighted by molar-refractivity contribution is 0.0831. The van der Waals surface area contributed by atoms with Crippen LogP contribution in [0.3, 0.4) is 0 Å². The molecule has 0 saturated carbocycles. The number of nitrogens with zero attached hydrogens (tertiary/aromatic N) is 3. The third-order valence-electron chi connectivity index (χ3n) is 5.74. The molecule has 0 atom stereocenters. The fraction of sp³-hybridized carbons (Fsp3) is 0.240. The van der Waals surface area contributed by atoms with E-state index in [1.165, 1.54) is 16.2 Å². The van der Waals surface area contributed by atoms with Crippen LogP contribution in [-0.4, -0.2) is 34.0 Å². The number of aryl methyl sites for hydroxylation is 3. The zero-order valence-electron chi connectivity index (χ0n) is 19.1. The van der Waals surface area contributed by atoms with E-state index in [1.54, 1.807) is 49.9 Å². The standard InChI is InChI=1S/C25H24ClN3O3S/c1-14-10-11-15(2)17(12-14)13-28-24-20(16(3)21(33-24)23(31)27(4)5)22(30)29(25(28)32)19-9-7-6-8-18(19)26/h6-12H,13H2,1-5H3. The fourth-order valence-corrected chi connectivity index (χ4v) is 5.41. The third-order valence-corrected chi connectivity index (χ3v) is 7.36. The molecule has 0 bridgehead atoms. The molecule has 0 N–H and O–H groups in total. The molecule has 33 heavy (non-hydrogen) atoms. The van der Waals surface area contributed by atoms with Crippen LogP contribution in [0, 0.1) is 20.8 Å². The summed E-state index contributed by atoms with van der Waals surface area (Å²) >= 11 is 7.56. The normalized spacial score (nSPS) is 11.2. The molecule has 0 unspecified atom stereocenters. The Morgan fingerprint density at radius 2 is 1.76 bits per heavy atom. The average Bonchev–Trinajstić information content (AvgIpc) is 3.11. The minimum Gasteiger partial charge on any atom is -0.344 e. The number of fused-ring (bicyclic) bond motifs is 1. The number of benzene rings is 2. The maximum absolute atomic E-state index is 13.8. The zero-order chi connectivity index (χ0) is 24.0. The van der Waals surface area contributed by atoms with E-state index in [9.17, 15) is 14.4 Å². The van der Waals surface area contributed by atoms with Gasteiger partial charge in [0.15, 0.2) is 0 Å². The Hall–Kier alpha value is -3.16. The van der Waals surface area contributed by atoms with E-state index < -0.39 is 11.2 Å². The number of thiophene rings is 1. The zero-order valence-corrected chi connectivity index (χ0v) is 20.7. The van der Waals surface area contributed by atoms with Crippen LogP contribution in [0.5, 0.6) is 0 Å². The van der Waals surface area contributed by atoms with Gasteiger partial charge >= 0.3 is 5.69 Å². The van der Waals surface area contributed by atoms with E-state index in [0.29, 0.717) is 31.4 Å². The maximum atomic E-state index is 13.8. The number of halogens is 1. The van der Waals surface area contributed by atoms with Gasteiger partial charge in [-0.15, -0.1) is 11.3 Å². The Morgan fingerprint density at radius 1 is 1.06 bits per heavy atom. The molecule has 2 heterocycles. The molecule has 0 aliphatic carbocycles. The quantitative estimate of drug-likeness (QED) is 0.429. The summed E-state index contributed by atoms with van der Waals surface area (Å²) in [6, 6.07) is 12.8. The Morgan fingerprint density at radius 3 is 2.42 bits per heavy atom. The smallest absolute Gasteiger partial charge is 0.337 e. The van der Waals surface area contributed by atoms with Crippen molar-refractivity contribution < 1.29 is 4.79 Å². The van der Waals surface area contributed by atoms with Crippen LogP contribution in [-0.2, 0) is 6.54 Å². The van der Waals surface area contributed by atoms with Gasteiger partial charge in [0.25, 0.3) is 11.5 Å². The molecule has 6 nitrogen and oxygen atoms in total. The van der Waals surface area contributed by atoms with Crippen molar-refractivity contribution in [2.24, 2.45) is 0 Å². The monoisotopic (exact) mass is 481 g/mol. The van der Waals surface area contributed by atoms with Crippen molar-refractivity contribution in [2.45, 2.75) is 27.3 Å². The molecular weight excluding hydrogens is 458 g/mol. The molecule has 0 aliphatic heterocycles. The summed E-state index contributed by atoms with van der Waals surface area (Å²) in [6.45, 7) is 6.00. The van der Waals surface area contributed by atoms with Crippen molar-refractivity contribution in [1.82, 2.24) is 14.0 Å². The van der Waals surface area contributed by atoms with Crippen LogP contribution >= 0.6 is 22.9 Å². The molecule has 2 aromatic heterocycles. The van der Waals surface area contributed by atoms with Crippen molar-refractivity contribution in [3.05, 3.63) is 95.5 Å². The van der Waals surface area contributed by atoms with Gasteiger partial charge in [-0.1, -0.05) is 47.5 Å². The Kier molecular flexibility index (Phi) is 6.03. The summed E-state index contributed by atoms with van der Waals surface area (Å²) in [4.78, 5) is 42.6. The predicted octanol–water partition coefficient (Wildman–Crippen LogP) is 4.54. The van der Waals surface area contributed by atoms with Gasteiger partial charge in [0.1, 0.15) is 4.83 Å². The van der Waals surface area contributed by atoms with Gasteiger partial charge in [-0.2, -0.15) is 0 Å². The number of aromatic nitrogens is 2. The Bertz CT molecular complexity index is 1530. The molecular formula is C25H24ClN3O3S. The lowest BCUT2D eigenvalue weighted by Gasteiger charge is -2.15. The van der Waals surface area contributed by atoms with Gasteiger partial charge in [-0.25, -0.2) is 9.36 Å². The minimum absolute atomic E-state index is 0.205. The van der Waals surface area contributed by atoms with Crippen LogP contribution in [0.15, 0.2) is 52.1 Å². The molecule has 170 valence electrons. The SMILES string of the molecule is Cc1ccc(C)c(Cn2c(=O)n(-c3ccccc3Cl)c(=O)c3c(C)c(C(=O)N(C)C)sc32)c1. The fourth-order valence-electron chi connectivity index (χ4n) is 3.88. The lowest BCUT2D eigenvalue weighted by atomic mass is 10.1. The van der Waals surface area contributed by atoms with Gasteiger partial charge < -0.3 is 4.90 Å². The van der Waals surface area contributed by atoms with Crippen molar-refractivity contribution in [3.63, 3.8) is 0 Å². The van der Waals surface area contributed by atoms with E-state index in [0.717, 1.165) is 21.3 Å². The summed E-state index contributed by atoms with van der Waals surface area (Å²) in [5.74, 6) is -0.205. The van der Waals surface area contributed by atoms with E-state index in [-0.39, 0.29) is 12.5 Å². The van der Waals surface area contributed by atoms with E-state index >= 15 is 0 Å². The van der Waals surface area contributed by atoms with Crippen molar-refractivity contribution in [3.8, 4) is 5.69 Å². The predicted molar refractivity (Wildman–Crippen MR) is 134 cm³/mol. The second-order valence-corrected chi connectivity index (χ2v) is 9.73. The summed E-state index contributed by atoms with van der Waals surface area (Å²) in [5.41, 5.74) is 2.98. The molecule has 4 rings (SSSR count). The van der Waals surface area contributed by atoms with Gasteiger partial charge in [0.05, 0.1) is 27.5 Å². The van der Waals surface area contributed by atoms with Gasteiger partial charge in [0.2, 0.25) is 0 Å². The first-order valence-corrected chi connectivity index (χ1v) is 11.6. The summed E-state index contributed by atoms with van der Waals surface area (Å²) in [5, 5.41) is 0.654. The minimum atomic E-state index is -0.494. The number of carbonyl (C=O) groups is 1. The topological polar surface area (TPSA) is 64.3 Å². The first kappa shape index (κ1) is 23.0. The molecule has 4 aromatic rings. The number of carbonyl (C=O) groups excluding carboxylic acids is 1. The van der Waals surface area contributed by atoms with Crippen LogP contribution in [0.1, 0.15) is 31.9 Å². The number of para-hydroxylation sites is 1. The maximum Gasteiger partial charge on any atom is 0.337 e. The van der Waals surface area contributed by atoms with E-state index in [4.69, 9.17) is 11.6 Å². The summed E-state index contributed by atoms with van der Waals surface area (Å²) in [7, 11) is 3.33. The van der Waals surface area contributed by atoms with Crippen LogP contribution in [0.2, 0.25) is 5.02 Å². The highest BCUT2D eigenvalue weighted by Gasteiger charge is 2.25. The number of rotatable bonds is 4. The Balaban J connectivity index is 2.12. The van der Waals surface area contributed by atoms with Crippen LogP contribution in [0.25, 0.3) is 15.9 Å².